The number of rotatable bonds is 5. The summed E-state index contributed by atoms with van der Waals surface area (Å²) in [6, 6.07) is 12.1. The van der Waals surface area contributed by atoms with E-state index in [0.29, 0.717) is 28.3 Å². The molecule has 1 amide bonds. The monoisotopic (exact) mass is 396 g/mol. The van der Waals surface area contributed by atoms with Crippen molar-refractivity contribution in [3.05, 3.63) is 64.6 Å². The molecule has 2 aromatic carbocycles. The lowest BCUT2D eigenvalue weighted by molar-refractivity contribution is -0.118. The first-order valence-corrected chi connectivity index (χ1v) is 9.09. The lowest BCUT2D eigenvalue weighted by atomic mass is 10.1. The molecule has 3 rings (SSSR count). The maximum absolute atomic E-state index is 14.1. The van der Waals surface area contributed by atoms with Gasteiger partial charge < -0.3 is 10.6 Å². The Hall–Kier alpha value is -3.17. The fraction of sp³-hybridized carbons (Fsp3) is 0.190. The van der Waals surface area contributed by atoms with Crippen LogP contribution < -0.4 is 10.6 Å². The van der Waals surface area contributed by atoms with Crippen molar-refractivity contribution in [3.8, 4) is 6.07 Å². The minimum atomic E-state index is -0.503. The number of hydrogen-bond donors (Lipinski definition) is 2. The van der Waals surface area contributed by atoms with Crippen LogP contribution in [-0.4, -0.2) is 10.9 Å². The van der Waals surface area contributed by atoms with Crippen LogP contribution in [0.3, 0.4) is 0 Å². The number of halogens is 2. The van der Waals surface area contributed by atoms with Crippen molar-refractivity contribution in [1.29, 1.82) is 5.26 Å². The Balaban J connectivity index is 1.85. The Morgan fingerprint density at radius 1 is 1.25 bits per heavy atom. The van der Waals surface area contributed by atoms with Crippen molar-refractivity contribution >= 4 is 39.8 Å². The molecule has 1 aromatic heterocycles. The van der Waals surface area contributed by atoms with Gasteiger partial charge in [-0.05, 0) is 29.8 Å². The van der Waals surface area contributed by atoms with Gasteiger partial charge in [0.1, 0.15) is 17.4 Å². The highest BCUT2D eigenvalue weighted by Crippen LogP contribution is 2.33. The highest BCUT2D eigenvalue weighted by atomic mass is 35.5. The van der Waals surface area contributed by atoms with Gasteiger partial charge in [0.25, 0.3) is 0 Å². The van der Waals surface area contributed by atoms with Crippen molar-refractivity contribution < 1.29 is 9.18 Å². The Morgan fingerprint density at radius 3 is 2.61 bits per heavy atom. The Morgan fingerprint density at radius 2 is 1.96 bits per heavy atom. The van der Waals surface area contributed by atoms with Crippen molar-refractivity contribution in [2.24, 2.45) is 5.92 Å². The molecule has 0 radical (unpaired) electrons. The fourth-order valence-corrected chi connectivity index (χ4v) is 2.93. The quantitative estimate of drug-likeness (QED) is 0.628. The van der Waals surface area contributed by atoms with Crippen molar-refractivity contribution in [1.82, 2.24) is 4.98 Å². The van der Waals surface area contributed by atoms with E-state index in [1.165, 1.54) is 18.3 Å². The molecule has 0 aliphatic carbocycles. The first-order chi connectivity index (χ1) is 13.4. The van der Waals surface area contributed by atoms with Gasteiger partial charge >= 0.3 is 0 Å². The third-order valence-corrected chi connectivity index (χ3v) is 4.57. The molecule has 7 heteroatoms. The van der Waals surface area contributed by atoms with Gasteiger partial charge in [0.2, 0.25) is 5.91 Å². The molecule has 2 N–H and O–H groups in total. The molecular formula is C21H18ClFN4O. The predicted octanol–water partition coefficient (Wildman–Crippen LogP) is 5.11. The van der Waals surface area contributed by atoms with Crippen LogP contribution >= 0.6 is 11.6 Å². The van der Waals surface area contributed by atoms with E-state index in [0.717, 1.165) is 5.56 Å². The minimum absolute atomic E-state index is 0.0514. The van der Waals surface area contributed by atoms with Gasteiger partial charge in [-0.25, -0.2) is 4.39 Å². The van der Waals surface area contributed by atoms with Gasteiger partial charge in [0.05, 0.1) is 16.3 Å². The zero-order valence-corrected chi connectivity index (χ0v) is 16.1. The Bertz CT molecular complexity index is 1070. The molecule has 0 fully saturated rings. The smallest absolute Gasteiger partial charge is 0.226 e. The van der Waals surface area contributed by atoms with Crippen LogP contribution in [0.1, 0.15) is 25.0 Å². The summed E-state index contributed by atoms with van der Waals surface area (Å²) in [5.41, 5.74) is 2.46. The maximum atomic E-state index is 14.1. The maximum Gasteiger partial charge on any atom is 0.226 e. The molecule has 5 nitrogen and oxygen atoms in total. The lowest BCUT2D eigenvalue weighted by Gasteiger charge is -2.13. The van der Waals surface area contributed by atoms with Crippen molar-refractivity contribution in [3.63, 3.8) is 0 Å². The standard InChI is InChI=1S/C21H18ClFN4O/c1-12(2)21(28)27-15-5-3-13(4-6-15)10-25-19-14(9-24)11-26-20-17(23)8-7-16(22)18(19)20/h3-8,11-12H,10H2,1-2H3,(H,25,26)(H,27,28). The number of nitriles is 1. The second-order valence-corrected chi connectivity index (χ2v) is 7.01. The van der Waals surface area contributed by atoms with Crippen LogP contribution in [0.25, 0.3) is 10.9 Å². The van der Waals surface area contributed by atoms with Gasteiger partial charge in [-0.1, -0.05) is 37.6 Å². The molecule has 0 bridgehead atoms. The Kier molecular flexibility index (Phi) is 5.76. The van der Waals surface area contributed by atoms with Crippen LogP contribution in [0.5, 0.6) is 0 Å². The zero-order chi connectivity index (χ0) is 20.3. The molecular weight excluding hydrogens is 379 g/mol. The van der Waals surface area contributed by atoms with Gasteiger partial charge in [0.15, 0.2) is 0 Å². The van der Waals surface area contributed by atoms with E-state index >= 15 is 0 Å². The molecule has 0 saturated carbocycles. The SMILES string of the molecule is CC(C)C(=O)Nc1ccc(CNc2c(C#N)cnc3c(F)ccc(Cl)c23)cc1. The third kappa shape index (κ3) is 4.05. The summed E-state index contributed by atoms with van der Waals surface area (Å²) in [4.78, 5) is 15.8. The number of pyridine rings is 1. The van der Waals surface area contributed by atoms with Gasteiger partial charge in [-0.15, -0.1) is 0 Å². The topological polar surface area (TPSA) is 77.8 Å². The first kappa shape index (κ1) is 19.6. The number of carbonyl (C=O) groups excluding carboxylic acids is 1. The summed E-state index contributed by atoms with van der Waals surface area (Å²) in [7, 11) is 0. The number of benzene rings is 2. The molecule has 142 valence electrons. The largest absolute Gasteiger partial charge is 0.379 e. The average Bonchev–Trinajstić information content (AvgIpc) is 2.69. The number of anilines is 2. The summed E-state index contributed by atoms with van der Waals surface area (Å²) in [6.45, 7) is 4.04. The minimum Gasteiger partial charge on any atom is -0.379 e. The van der Waals surface area contributed by atoms with Crippen LogP contribution in [0.2, 0.25) is 5.02 Å². The molecule has 28 heavy (non-hydrogen) atoms. The fourth-order valence-electron chi connectivity index (χ4n) is 2.68. The summed E-state index contributed by atoms with van der Waals surface area (Å²) < 4.78 is 14.1. The number of fused-ring (bicyclic) bond motifs is 1. The first-order valence-electron chi connectivity index (χ1n) is 8.71. The van der Waals surface area contributed by atoms with Gasteiger partial charge in [-0.3, -0.25) is 9.78 Å². The van der Waals surface area contributed by atoms with Gasteiger partial charge in [0, 0.05) is 29.7 Å². The average molecular weight is 397 g/mol. The molecule has 0 spiro atoms. The molecule has 0 saturated heterocycles. The van der Waals surface area contributed by atoms with Crippen LogP contribution in [0, 0.1) is 23.1 Å². The van der Waals surface area contributed by atoms with Crippen molar-refractivity contribution in [2.45, 2.75) is 20.4 Å². The molecule has 0 unspecified atom stereocenters. The van der Waals surface area contributed by atoms with E-state index in [-0.39, 0.29) is 22.9 Å². The normalized spacial score (nSPS) is 10.7. The zero-order valence-electron chi connectivity index (χ0n) is 15.4. The summed E-state index contributed by atoms with van der Waals surface area (Å²) in [6.07, 6.45) is 1.33. The molecule has 0 aliphatic rings. The van der Waals surface area contributed by atoms with E-state index in [4.69, 9.17) is 11.6 Å². The number of nitrogens with zero attached hydrogens (tertiary/aromatic N) is 2. The number of amides is 1. The Labute approximate surface area is 167 Å². The summed E-state index contributed by atoms with van der Waals surface area (Å²) in [5.74, 6) is -0.655. The van der Waals surface area contributed by atoms with E-state index in [1.54, 1.807) is 12.1 Å². The van der Waals surface area contributed by atoms with Crippen LogP contribution in [0.15, 0.2) is 42.6 Å². The second kappa shape index (κ2) is 8.24. The van der Waals surface area contributed by atoms with E-state index in [1.807, 2.05) is 26.0 Å². The number of carbonyl (C=O) groups is 1. The predicted molar refractivity (Wildman–Crippen MR) is 109 cm³/mol. The summed E-state index contributed by atoms with van der Waals surface area (Å²) >= 11 is 6.24. The molecule has 0 aliphatic heterocycles. The lowest BCUT2D eigenvalue weighted by Crippen LogP contribution is -2.17. The van der Waals surface area contributed by atoms with Gasteiger partial charge in [-0.2, -0.15) is 5.26 Å². The van der Waals surface area contributed by atoms with E-state index in [9.17, 15) is 14.4 Å². The van der Waals surface area contributed by atoms with Crippen LogP contribution in [0.4, 0.5) is 15.8 Å². The molecule has 3 aromatic rings. The van der Waals surface area contributed by atoms with Crippen molar-refractivity contribution in [2.75, 3.05) is 10.6 Å². The number of aromatic nitrogens is 1. The highest BCUT2D eigenvalue weighted by Gasteiger charge is 2.15. The highest BCUT2D eigenvalue weighted by molar-refractivity contribution is 6.36. The van der Waals surface area contributed by atoms with E-state index < -0.39 is 5.82 Å². The summed E-state index contributed by atoms with van der Waals surface area (Å²) in [5, 5.41) is 16.1. The third-order valence-electron chi connectivity index (χ3n) is 4.26. The second-order valence-electron chi connectivity index (χ2n) is 6.61. The number of nitrogens with one attached hydrogen (secondary N) is 2. The number of hydrogen-bond acceptors (Lipinski definition) is 4. The molecule has 1 heterocycles. The van der Waals surface area contributed by atoms with E-state index in [2.05, 4.69) is 21.7 Å². The molecule has 0 atom stereocenters. The van der Waals surface area contributed by atoms with Crippen LogP contribution in [-0.2, 0) is 11.3 Å².